The molecule has 0 atom stereocenters. The van der Waals surface area contributed by atoms with Gasteiger partial charge in [0.15, 0.2) is 12.3 Å². The number of aromatic hydroxyl groups is 1. The maximum absolute atomic E-state index is 9.63. The summed E-state index contributed by atoms with van der Waals surface area (Å²) < 4.78 is 0. The largest absolute Gasteiger partial charge is 1.00 e. The Balaban J connectivity index is 0.00000200. The molecule has 1 aromatic carbocycles. The van der Waals surface area contributed by atoms with Crippen LogP contribution in [0.1, 0.15) is 18.2 Å². The Bertz CT molecular complexity index is 586. The maximum atomic E-state index is 9.63. The van der Waals surface area contributed by atoms with E-state index in [9.17, 15) is 5.11 Å². The Morgan fingerprint density at radius 2 is 2.00 bits per heavy atom. The van der Waals surface area contributed by atoms with Crippen LogP contribution in [0.5, 0.6) is 5.75 Å². The van der Waals surface area contributed by atoms with Gasteiger partial charge in [0.2, 0.25) is 0 Å². The van der Waals surface area contributed by atoms with E-state index in [-0.39, 0.29) is 18.2 Å². The molecule has 4 nitrogen and oxygen atoms in total. The lowest BCUT2D eigenvalue weighted by atomic mass is 10.2. The van der Waals surface area contributed by atoms with Crippen molar-refractivity contribution in [1.82, 2.24) is 4.98 Å². The Kier molecular flexibility index (Phi) is 6.28. The van der Waals surface area contributed by atoms with Crippen LogP contribution in [-0.2, 0) is 11.4 Å². The van der Waals surface area contributed by atoms with Gasteiger partial charge in [-0.1, -0.05) is 23.7 Å². The van der Waals surface area contributed by atoms with E-state index in [1.807, 2.05) is 12.1 Å². The highest BCUT2D eigenvalue weighted by Crippen LogP contribution is 2.11. The van der Waals surface area contributed by atoms with Crippen molar-refractivity contribution < 1.29 is 27.5 Å². The first-order chi connectivity index (χ1) is 9.16. The number of halogens is 2. The van der Waals surface area contributed by atoms with Crippen molar-refractivity contribution in [3.05, 3.63) is 58.9 Å². The van der Waals surface area contributed by atoms with Crippen molar-refractivity contribution in [2.75, 3.05) is 0 Å². The van der Waals surface area contributed by atoms with Gasteiger partial charge in [-0.3, -0.25) is 4.84 Å². The molecule has 0 aliphatic carbocycles. The van der Waals surface area contributed by atoms with Crippen molar-refractivity contribution >= 4 is 17.3 Å². The van der Waals surface area contributed by atoms with E-state index in [1.165, 1.54) is 0 Å². The highest BCUT2D eigenvalue weighted by Gasteiger charge is 2.11. The summed E-state index contributed by atoms with van der Waals surface area (Å²) >= 11 is 5.80. The molecule has 0 spiro atoms. The molecule has 0 saturated heterocycles. The minimum atomic E-state index is 0. The minimum Gasteiger partial charge on any atom is -1.00 e. The van der Waals surface area contributed by atoms with E-state index in [0.29, 0.717) is 23.0 Å². The molecule has 2 rings (SSSR count). The van der Waals surface area contributed by atoms with Crippen LogP contribution in [0.15, 0.2) is 42.6 Å². The number of hydrogen-bond acceptors (Lipinski definition) is 3. The van der Waals surface area contributed by atoms with Gasteiger partial charge < -0.3 is 17.5 Å². The monoisotopic (exact) mass is 312 g/mol. The predicted octanol–water partition coefficient (Wildman–Crippen LogP) is -1.53. The fraction of sp³-hybridized carbons (Fsp3) is 0.143. The summed E-state index contributed by atoms with van der Waals surface area (Å²) in [6, 6.07) is 10.6. The van der Waals surface area contributed by atoms with Crippen molar-refractivity contribution in [3.63, 3.8) is 0 Å². The number of nitrogens with one attached hydrogen (secondary N) is 1. The SMILES string of the molecule is CC(=[NH+]OCc1ccc(Cl)cc1)c1ncccc1O.[Cl-]. The molecule has 1 aromatic heterocycles. The smallest absolute Gasteiger partial charge is 0.251 e. The van der Waals surface area contributed by atoms with Crippen LogP contribution in [0.3, 0.4) is 0 Å². The fourth-order valence-electron chi connectivity index (χ4n) is 1.54. The Hall–Kier alpha value is -1.78. The van der Waals surface area contributed by atoms with Crippen LogP contribution in [-0.4, -0.2) is 15.8 Å². The topological polar surface area (TPSA) is 56.3 Å². The number of hydrogen-bond donors (Lipinski definition) is 2. The highest BCUT2D eigenvalue weighted by atomic mass is 35.5. The van der Waals surface area contributed by atoms with Crippen molar-refractivity contribution in [2.45, 2.75) is 13.5 Å². The predicted molar refractivity (Wildman–Crippen MR) is 72.9 cm³/mol. The molecule has 0 saturated carbocycles. The highest BCUT2D eigenvalue weighted by molar-refractivity contribution is 6.30. The lowest BCUT2D eigenvalue weighted by molar-refractivity contribution is -0.758. The number of nitrogens with zero attached hydrogens (tertiary/aromatic N) is 1. The Morgan fingerprint density at radius 3 is 2.65 bits per heavy atom. The summed E-state index contributed by atoms with van der Waals surface area (Å²) in [5, 5.41) is 13.1. The van der Waals surface area contributed by atoms with Gasteiger partial charge >= 0.3 is 0 Å². The maximum Gasteiger partial charge on any atom is 0.251 e. The van der Waals surface area contributed by atoms with E-state index >= 15 is 0 Å². The molecular formula is C14H14Cl2N2O2. The normalized spacial score (nSPS) is 10.8. The number of rotatable bonds is 4. The third-order valence-corrected chi connectivity index (χ3v) is 2.77. The van der Waals surface area contributed by atoms with E-state index in [2.05, 4.69) is 10.1 Å². The molecule has 0 fully saturated rings. The second kappa shape index (κ2) is 7.72. The number of aromatic nitrogens is 1. The van der Waals surface area contributed by atoms with Crippen LogP contribution < -0.4 is 17.6 Å². The van der Waals surface area contributed by atoms with Gasteiger partial charge in [0.25, 0.3) is 5.71 Å². The molecule has 0 aliphatic rings. The third kappa shape index (κ3) is 4.40. The molecule has 2 aromatic rings. The van der Waals surface area contributed by atoms with Crippen molar-refractivity contribution in [3.8, 4) is 5.75 Å². The van der Waals surface area contributed by atoms with Gasteiger partial charge in [0, 0.05) is 18.1 Å². The lowest BCUT2D eigenvalue weighted by Crippen LogP contribution is -3.00. The van der Waals surface area contributed by atoms with Crippen LogP contribution in [0.2, 0.25) is 5.02 Å². The molecule has 20 heavy (non-hydrogen) atoms. The van der Waals surface area contributed by atoms with Gasteiger partial charge in [0.05, 0.1) is 0 Å². The van der Waals surface area contributed by atoms with Gasteiger partial charge in [-0.05, 0) is 35.0 Å². The second-order valence-corrected chi connectivity index (χ2v) is 4.45. The molecule has 2 N–H and O–H groups in total. The van der Waals surface area contributed by atoms with Crippen LogP contribution in [0.25, 0.3) is 0 Å². The third-order valence-electron chi connectivity index (χ3n) is 2.52. The molecule has 0 unspecified atom stereocenters. The zero-order valence-corrected chi connectivity index (χ0v) is 12.3. The minimum absolute atomic E-state index is 0. The van der Waals surface area contributed by atoms with Gasteiger partial charge in [0.1, 0.15) is 5.75 Å². The van der Waals surface area contributed by atoms with Crippen LogP contribution >= 0.6 is 11.6 Å². The first kappa shape index (κ1) is 16.3. The standard InChI is InChI=1S/C14H13ClN2O2.ClH/c1-10(14-13(18)3-2-8-16-14)17-19-9-11-4-6-12(15)7-5-11;/h2-8,18H,9H2,1H3;1H. The van der Waals surface area contributed by atoms with E-state index in [4.69, 9.17) is 16.4 Å². The molecule has 6 heteroatoms. The van der Waals surface area contributed by atoms with E-state index < -0.39 is 0 Å². The summed E-state index contributed by atoms with van der Waals surface area (Å²) in [5.74, 6) is 0.114. The molecule has 0 amide bonds. The molecule has 0 bridgehead atoms. The van der Waals surface area contributed by atoms with Gasteiger partial charge in [-0.15, -0.1) is 0 Å². The Morgan fingerprint density at radius 1 is 1.30 bits per heavy atom. The van der Waals surface area contributed by atoms with Gasteiger partial charge in [-0.25, -0.2) is 4.98 Å². The lowest BCUT2D eigenvalue weighted by Gasteiger charge is -1.99. The molecule has 0 radical (unpaired) electrons. The zero-order valence-electron chi connectivity index (χ0n) is 10.8. The summed E-state index contributed by atoms with van der Waals surface area (Å²) in [4.78, 5) is 9.42. The van der Waals surface area contributed by atoms with E-state index in [1.54, 1.807) is 37.4 Å². The van der Waals surface area contributed by atoms with Gasteiger partial charge in [-0.2, -0.15) is 0 Å². The first-order valence-corrected chi connectivity index (χ1v) is 6.15. The van der Waals surface area contributed by atoms with Crippen molar-refractivity contribution in [1.29, 1.82) is 0 Å². The average molecular weight is 313 g/mol. The summed E-state index contributed by atoms with van der Waals surface area (Å²) in [7, 11) is 0. The van der Waals surface area contributed by atoms with Crippen LogP contribution in [0, 0.1) is 0 Å². The second-order valence-electron chi connectivity index (χ2n) is 4.01. The quantitative estimate of drug-likeness (QED) is 0.532. The van der Waals surface area contributed by atoms with Crippen LogP contribution in [0.4, 0.5) is 0 Å². The molecule has 1 heterocycles. The molecular weight excluding hydrogens is 299 g/mol. The Labute approximate surface area is 128 Å². The first-order valence-electron chi connectivity index (χ1n) is 5.77. The number of benzene rings is 1. The summed E-state index contributed by atoms with van der Waals surface area (Å²) in [6.45, 7) is 2.17. The van der Waals surface area contributed by atoms with E-state index in [0.717, 1.165) is 5.56 Å². The fourth-order valence-corrected chi connectivity index (χ4v) is 1.67. The van der Waals surface area contributed by atoms with Crippen molar-refractivity contribution in [2.24, 2.45) is 0 Å². The summed E-state index contributed by atoms with van der Waals surface area (Å²) in [6.07, 6.45) is 1.61. The molecule has 0 aliphatic heterocycles. The summed E-state index contributed by atoms with van der Waals surface area (Å²) in [5.41, 5.74) is 2.11. The number of pyridine rings is 1. The molecule has 106 valence electrons. The average Bonchev–Trinajstić information content (AvgIpc) is 2.41. The zero-order chi connectivity index (χ0) is 13.7.